The van der Waals surface area contributed by atoms with Crippen molar-refractivity contribution in [1.29, 1.82) is 0 Å². The monoisotopic (exact) mass is 267 g/mol. The molecule has 0 bridgehead atoms. The minimum atomic E-state index is 0.0178. The minimum absolute atomic E-state index is 0.0178. The van der Waals surface area contributed by atoms with E-state index in [1.54, 1.807) is 0 Å². The van der Waals surface area contributed by atoms with Crippen molar-refractivity contribution in [2.75, 3.05) is 0 Å². The van der Waals surface area contributed by atoms with Crippen molar-refractivity contribution in [2.45, 2.75) is 45.1 Å². The van der Waals surface area contributed by atoms with E-state index < -0.39 is 0 Å². The van der Waals surface area contributed by atoms with Crippen molar-refractivity contribution in [2.24, 2.45) is 5.73 Å². The molecule has 1 aliphatic rings. The van der Waals surface area contributed by atoms with Crippen LogP contribution in [0.15, 0.2) is 30.3 Å². The van der Waals surface area contributed by atoms with Crippen LogP contribution in [-0.2, 0) is 12.0 Å². The van der Waals surface area contributed by atoms with Gasteiger partial charge in [-0.3, -0.25) is 0 Å². The second-order valence-corrected chi connectivity index (χ2v) is 5.70. The van der Waals surface area contributed by atoms with Gasteiger partial charge < -0.3 is 5.73 Å². The van der Waals surface area contributed by atoms with Gasteiger partial charge in [-0.15, -0.1) is 0 Å². The van der Waals surface area contributed by atoms with E-state index in [1.807, 2.05) is 13.8 Å². The van der Waals surface area contributed by atoms with Gasteiger partial charge in [0.15, 0.2) is 0 Å². The van der Waals surface area contributed by atoms with Crippen molar-refractivity contribution in [3.05, 3.63) is 58.7 Å². The number of aromatic nitrogens is 2. The molecule has 0 unspecified atom stereocenters. The highest BCUT2D eigenvalue weighted by atomic mass is 14.9. The van der Waals surface area contributed by atoms with Crippen molar-refractivity contribution in [1.82, 2.24) is 9.97 Å². The molecule has 0 saturated heterocycles. The maximum absolute atomic E-state index is 5.79. The number of nitrogens with zero attached hydrogens (tertiary/aromatic N) is 2. The van der Waals surface area contributed by atoms with Crippen LogP contribution in [0.25, 0.3) is 0 Å². The highest BCUT2D eigenvalue weighted by molar-refractivity contribution is 5.37. The fourth-order valence-corrected chi connectivity index (χ4v) is 3.18. The van der Waals surface area contributed by atoms with Gasteiger partial charge in [0.05, 0.1) is 5.41 Å². The molecule has 104 valence electrons. The molecule has 3 heteroatoms. The Morgan fingerprint density at radius 1 is 1.05 bits per heavy atom. The maximum Gasteiger partial charge on any atom is 0.139 e. The summed E-state index contributed by atoms with van der Waals surface area (Å²) in [6.45, 7) is 4.59. The zero-order chi connectivity index (χ0) is 14.2. The number of aryl methyl sites for hydroxylation is 2. The van der Waals surface area contributed by atoms with E-state index in [2.05, 4.69) is 30.3 Å². The van der Waals surface area contributed by atoms with E-state index >= 15 is 0 Å². The third-order valence-electron chi connectivity index (χ3n) is 4.59. The number of nitrogens with two attached hydrogens (primary N) is 1. The van der Waals surface area contributed by atoms with Crippen LogP contribution >= 0.6 is 0 Å². The zero-order valence-electron chi connectivity index (χ0n) is 12.2. The predicted octanol–water partition coefficient (Wildman–Crippen LogP) is 3.02. The van der Waals surface area contributed by atoms with Crippen LogP contribution in [0.1, 0.15) is 47.6 Å². The first kappa shape index (κ1) is 13.3. The topological polar surface area (TPSA) is 51.8 Å². The first-order valence-electron chi connectivity index (χ1n) is 7.27. The van der Waals surface area contributed by atoms with Crippen molar-refractivity contribution in [3.8, 4) is 0 Å². The van der Waals surface area contributed by atoms with Crippen molar-refractivity contribution >= 4 is 0 Å². The first-order valence-corrected chi connectivity index (χ1v) is 7.27. The van der Waals surface area contributed by atoms with Crippen LogP contribution in [0.3, 0.4) is 0 Å². The van der Waals surface area contributed by atoms with Crippen LogP contribution in [0.4, 0.5) is 0 Å². The normalized spacial score (nSPS) is 16.8. The average Bonchev–Trinajstić information content (AvgIpc) is 2.38. The molecule has 1 aromatic heterocycles. The Bertz CT molecular complexity index is 592. The first-order chi connectivity index (χ1) is 9.67. The number of hydrogen-bond acceptors (Lipinski definition) is 3. The summed E-state index contributed by atoms with van der Waals surface area (Å²) >= 11 is 0. The van der Waals surface area contributed by atoms with Crippen LogP contribution < -0.4 is 5.73 Å². The van der Waals surface area contributed by atoms with Gasteiger partial charge in [0, 0.05) is 23.5 Å². The molecule has 2 N–H and O–H groups in total. The summed E-state index contributed by atoms with van der Waals surface area (Å²) in [4.78, 5) is 9.57. The predicted molar refractivity (Wildman–Crippen MR) is 80.5 cm³/mol. The quantitative estimate of drug-likeness (QED) is 0.930. The number of hydrogen-bond donors (Lipinski definition) is 1. The summed E-state index contributed by atoms with van der Waals surface area (Å²) in [5.74, 6) is 0.974. The Morgan fingerprint density at radius 3 is 2.10 bits per heavy atom. The molecule has 0 atom stereocenters. The maximum atomic E-state index is 5.79. The van der Waals surface area contributed by atoms with Gasteiger partial charge in [0.2, 0.25) is 0 Å². The van der Waals surface area contributed by atoms with Gasteiger partial charge in [0.25, 0.3) is 0 Å². The molecular weight excluding hydrogens is 246 g/mol. The summed E-state index contributed by atoms with van der Waals surface area (Å²) in [5, 5.41) is 0. The molecule has 1 saturated carbocycles. The Morgan fingerprint density at radius 2 is 1.65 bits per heavy atom. The summed E-state index contributed by atoms with van der Waals surface area (Å²) in [5.41, 5.74) is 10.3. The zero-order valence-corrected chi connectivity index (χ0v) is 12.2. The molecule has 1 aromatic carbocycles. The summed E-state index contributed by atoms with van der Waals surface area (Å²) in [6.07, 6.45) is 3.52. The Hall–Kier alpha value is -1.74. The Balaban J connectivity index is 2.11. The van der Waals surface area contributed by atoms with Crippen LogP contribution in [0.2, 0.25) is 0 Å². The fraction of sp³-hybridized carbons (Fsp3) is 0.412. The highest BCUT2D eigenvalue weighted by Crippen LogP contribution is 2.47. The molecule has 1 aliphatic carbocycles. The van der Waals surface area contributed by atoms with Gasteiger partial charge in [-0.2, -0.15) is 0 Å². The molecule has 0 amide bonds. The SMILES string of the molecule is Cc1nc(C2(c3ccccc3)CCC2)nc(C)c1CN. The lowest BCUT2D eigenvalue weighted by Gasteiger charge is -2.41. The van der Waals surface area contributed by atoms with E-state index in [4.69, 9.17) is 15.7 Å². The van der Waals surface area contributed by atoms with Gasteiger partial charge >= 0.3 is 0 Å². The molecule has 1 heterocycles. The smallest absolute Gasteiger partial charge is 0.139 e. The van der Waals surface area contributed by atoms with E-state index in [9.17, 15) is 0 Å². The van der Waals surface area contributed by atoms with Crippen LogP contribution in [0, 0.1) is 13.8 Å². The lowest BCUT2D eigenvalue weighted by atomic mass is 9.63. The molecule has 3 rings (SSSR count). The number of benzene rings is 1. The van der Waals surface area contributed by atoms with Gasteiger partial charge in [-0.25, -0.2) is 9.97 Å². The second kappa shape index (κ2) is 4.98. The molecule has 0 aliphatic heterocycles. The fourth-order valence-electron chi connectivity index (χ4n) is 3.18. The molecular formula is C17H21N3. The average molecular weight is 267 g/mol. The number of rotatable bonds is 3. The van der Waals surface area contributed by atoms with Gasteiger partial charge in [0.1, 0.15) is 5.82 Å². The highest BCUT2D eigenvalue weighted by Gasteiger charge is 2.43. The molecule has 20 heavy (non-hydrogen) atoms. The summed E-state index contributed by atoms with van der Waals surface area (Å²) < 4.78 is 0. The Kier molecular flexibility index (Phi) is 3.30. The van der Waals surface area contributed by atoms with Gasteiger partial charge in [-0.05, 0) is 32.3 Å². The van der Waals surface area contributed by atoms with Crippen LogP contribution in [0.5, 0.6) is 0 Å². The molecule has 1 fully saturated rings. The molecule has 3 nitrogen and oxygen atoms in total. The van der Waals surface area contributed by atoms with E-state index in [0.717, 1.165) is 35.6 Å². The standard InChI is InChI=1S/C17H21N3/c1-12-15(11-18)13(2)20-16(19-12)17(9-6-10-17)14-7-4-3-5-8-14/h3-5,7-8H,6,9-11,18H2,1-2H3. The van der Waals surface area contributed by atoms with E-state index in [0.29, 0.717) is 6.54 Å². The summed E-state index contributed by atoms with van der Waals surface area (Å²) in [7, 11) is 0. The molecule has 0 radical (unpaired) electrons. The largest absolute Gasteiger partial charge is 0.326 e. The van der Waals surface area contributed by atoms with E-state index in [1.165, 1.54) is 12.0 Å². The second-order valence-electron chi connectivity index (χ2n) is 5.70. The van der Waals surface area contributed by atoms with Crippen LogP contribution in [-0.4, -0.2) is 9.97 Å². The lowest BCUT2D eigenvalue weighted by Crippen LogP contribution is -2.38. The minimum Gasteiger partial charge on any atom is -0.326 e. The van der Waals surface area contributed by atoms with Crippen molar-refractivity contribution < 1.29 is 0 Å². The third kappa shape index (κ3) is 1.93. The van der Waals surface area contributed by atoms with Crippen molar-refractivity contribution in [3.63, 3.8) is 0 Å². The van der Waals surface area contributed by atoms with Gasteiger partial charge in [-0.1, -0.05) is 36.8 Å². The van der Waals surface area contributed by atoms with E-state index in [-0.39, 0.29) is 5.41 Å². The lowest BCUT2D eigenvalue weighted by molar-refractivity contribution is 0.284. The molecule has 0 spiro atoms. The third-order valence-corrected chi connectivity index (χ3v) is 4.59. The summed E-state index contributed by atoms with van der Waals surface area (Å²) in [6, 6.07) is 10.7. The molecule has 2 aromatic rings. The Labute approximate surface area is 120 Å².